The molecule has 144 valence electrons. The summed E-state index contributed by atoms with van der Waals surface area (Å²) in [7, 11) is 1.57. The third-order valence-electron chi connectivity index (χ3n) is 4.07. The predicted octanol–water partition coefficient (Wildman–Crippen LogP) is 4.34. The van der Waals surface area contributed by atoms with Gasteiger partial charge in [0, 0.05) is 23.0 Å². The van der Waals surface area contributed by atoms with Crippen LogP contribution in [0.5, 0.6) is 11.5 Å². The van der Waals surface area contributed by atoms with Crippen LogP contribution in [0, 0.1) is 0 Å². The molecule has 1 heterocycles. The second kappa shape index (κ2) is 9.53. The van der Waals surface area contributed by atoms with Crippen LogP contribution in [0.1, 0.15) is 12.5 Å². The third kappa shape index (κ3) is 4.86. The number of aliphatic hydroxyl groups excluding tert-OH is 1. The van der Waals surface area contributed by atoms with Crippen LogP contribution >= 0.6 is 0 Å². The van der Waals surface area contributed by atoms with Crippen LogP contribution in [0.4, 0.5) is 11.6 Å². The zero-order valence-corrected chi connectivity index (χ0v) is 15.9. The predicted molar refractivity (Wildman–Crippen MR) is 110 cm³/mol. The Morgan fingerprint density at radius 3 is 2.82 bits per heavy atom. The smallest absolute Gasteiger partial charge is 0.227 e. The van der Waals surface area contributed by atoms with Gasteiger partial charge in [0.25, 0.3) is 0 Å². The van der Waals surface area contributed by atoms with Gasteiger partial charge in [-0.2, -0.15) is 0 Å². The Balaban J connectivity index is 1.80. The lowest BCUT2D eigenvalue weighted by atomic mass is 10.1. The molecule has 0 fully saturated rings. The van der Waals surface area contributed by atoms with Crippen LogP contribution in [0.3, 0.4) is 0 Å². The highest BCUT2D eigenvalue weighted by molar-refractivity contribution is 5.64. The van der Waals surface area contributed by atoms with Gasteiger partial charge in [-0.05, 0) is 43.3 Å². The molecule has 2 aromatic carbocycles. The summed E-state index contributed by atoms with van der Waals surface area (Å²) in [6.07, 6.45) is 5.61. The van der Waals surface area contributed by atoms with Gasteiger partial charge in [0.15, 0.2) is 0 Å². The number of anilines is 2. The van der Waals surface area contributed by atoms with Gasteiger partial charge < -0.3 is 19.9 Å². The van der Waals surface area contributed by atoms with E-state index in [0.717, 1.165) is 22.7 Å². The first-order chi connectivity index (χ1) is 13.7. The average molecular weight is 377 g/mol. The Kier molecular flexibility index (Phi) is 6.59. The maximum Gasteiger partial charge on any atom is 0.227 e. The maximum absolute atomic E-state index is 9.48. The summed E-state index contributed by atoms with van der Waals surface area (Å²) in [6, 6.07) is 15.1. The Morgan fingerprint density at radius 1 is 1.14 bits per heavy atom. The van der Waals surface area contributed by atoms with Gasteiger partial charge >= 0.3 is 0 Å². The lowest BCUT2D eigenvalue weighted by Crippen LogP contribution is -2.00. The van der Waals surface area contributed by atoms with E-state index in [1.165, 1.54) is 0 Å². The summed E-state index contributed by atoms with van der Waals surface area (Å²) < 4.78 is 10.9. The van der Waals surface area contributed by atoms with Gasteiger partial charge in [-0.25, -0.2) is 9.97 Å². The largest absolute Gasteiger partial charge is 0.496 e. The minimum atomic E-state index is -0.112. The lowest BCUT2D eigenvalue weighted by molar-refractivity contribution is 0.274. The van der Waals surface area contributed by atoms with Crippen molar-refractivity contribution in [3.05, 3.63) is 72.4 Å². The molecule has 0 atom stereocenters. The number of benzene rings is 2. The van der Waals surface area contributed by atoms with Crippen molar-refractivity contribution in [1.29, 1.82) is 0 Å². The molecule has 3 aromatic rings. The highest BCUT2D eigenvalue weighted by Crippen LogP contribution is 2.26. The van der Waals surface area contributed by atoms with Crippen molar-refractivity contribution in [3.63, 3.8) is 0 Å². The zero-order valence-electron chi connectivity index (χ0n) is 15.9. The molecule has 6 heteroatoms. The fourth-order valence-corrected chi connectivity index (χ4v) is 2.67. The number of aliphatic hydroxyl groups is 1. The van der Waals surface area contributed by atoms with Crippen molar-refractivity contribution in [3.8, 4) is 22.8 Å². The average Bonchev–Trinajstić information content (AvgIpc) is 2.74. The van der Waals surface area contributed by atoms with Gasteiger partial charge in [-0.15, -0.1) is 0 Å². The minimum Gasteiger partial charge on any atom is -0.496 e. The van der Waals surface area contributed by atoms with E-state index in [9.17, 15) is 5.11 Å². The van der Waals surface area contributed by atoms with Gasteiger partial charge in [0.05, 0.1) is 19.4 Å². The number of hydrogen-bond donors (Lipinski definition) is 2. The number of nitrogens with zero attached hydrogens (tertiary/aromatic N) is 2. The Hall–Kier alpha value is -3.38. The van der Waals surface area contributed by atoms with Crippen molar-refractivity contribution < 1.29 is 14.6 Å². The van der Waals surface area contributed by atoms with Crippen LogP contribution < -0.4 is 14.8 Å². The van der Waals surface area contributed by atoms with Crippen LogP contribution in [0.2, 0.25) is 0 Å². The Bertz CT molecular complexity index is 957. The topological polar surface area (TPSA) is 76.5 Å². The number of aromatic nitrogens is 2. The van der Waals surface area contributed by atoms with E-state index in [2.05, 4.69) is 15.3 Å². The SMILES string of the molecule is C/C=C\COc1cccc(-c2ccnc(Nc3ccc(OC)c(CO)c3)n2)c1. The summed E-state index contributed by atoms with van der Waals surface area (Å²) in [5, 5.41) is 12.6. The van der Waals surface area contributed by atoms with Crippen molar-refractivity contribution in [2.75, 3.05) is 19.0 Å². The van der Waals surface area contributed by atoms with Crippen LogP contribution in [-0.4, -0.2) is 28.8 Å². The first-order valence-electron chi connectivity index (χ1n) is 8.95. The van der Waals surface area contributed by atoms with Crippen molar-refractivity contribution in [1.82, 2.24) is 9.97 Å². The molecule has 0 saturated carbocycles. The number of methoxy groups -OCH3 is 1. The van der Waals surface area contributed by atoms with Crippen LogP contribution in [-0.2, 0) is 6.61 Å². The molecule has 0 radical (unpaired) electrons. The number of ether oxygens (including phenoxy) is 2. The number of rotatable bonds is 8. The van der Waals surface area contributed by atoms with Crippen molar-refractivity contribution in [2.45, 2.75) is 13.5 Å². The second-order valence-electron chi connectivity index (χ2n) is 5.98. The molecular weight excluding hydrogens is 354 g/mol. The van der Waals surface area contributed by atoms with Crippen LogP contribution in [0.15, 0.2) is 66.9 Å². The van der Waals surface area contributed by atoms with Gasteiger partial charge in [0.2, 0.25) is 5.95 Å². The van der Waals surface area contributed by atoms with Crippen molar-refractivity contribution >= 4 is 11.6 Å². The van der Waals surface area contributed by atoms with E-state index in [1.54, 1.807) is 19.4 Å². The molecule has 28 heavy (non-hydrogen) atoms. The molecule has 2 N–H and O–H groups in total. The molecule has 0 aliphatic carbocycles. The minimum absolute atomic E-state index is 0.112. The molecule has 3 rings (SSSR count). The van der Waals surface area contributed by atoms with E-state index in [0.29, 0.717) is 23.9 Å². The molecule has 0 bridgehead atoms. The number of nitrogens with one attached hydrogen (secondary N) is 1. The van der Waals surface area contributed by atoms with Gasteiger partial charge in [-0.1, -0.05) is 24.3 Å². The summed E-state index contributed by atoms with van der Waals surface area (Å²) >= 11 is 0. The molecule has 0 aliphatic rings. The van der Waals surface area contributed by atoms with Gasteiger partial charge in [0.1, 0.15) is 18.1 Å². The highest BCUT2D eigenvalue weighted by atomic mass is 16.5. The van der Waals surface area contributed by atoms with E-state index < -0.39 is 0 Å². The van der Waals surface area contributed by atoms with Crippen molar-refractivity contribution in [2.24, 2.45) is 0 Å². The van der Waals surface area contributed by atoms with E-state index >= 15 is 0 Å². The standard InChI is InChI=1S/C22H23N3O3/c1-3-4-12-28-19-7-5-6-16(14-19)20-10-11-23-22(25-20)24-18-8-9-21(27-2)17(13-18)15-26/h3-11,13-14,26H,12,15H2,1-2H3,(H,23,24,25)/b4-3-. The normalized spacial score (nSPS) is 10.8. The Labute approximate surface area is 164 Å². The van der Waals surface area contributed by atoms with E-state index in [1.807, 2.05) is 61.5 Å². The Morgan fingerprint density at radius 2 is 2.04 bits per heavy atom. The molecule has 0 spiro atoms. The summed E-state index contributed by atoms with van der Waals surface area (Å²) in [5.74, 6) is 1.88. The van der Waals surface area contributed by atoms with Crippen LogP contribution in [0.25, 0.3) is 11.3 Å². The highest BCUT2D eigenvalue weighted by Gasteiger charge is 2.07. The lowest BCUT2D eigenvalue weighted by Gasteiger charge is -2.11. The molecule has 0 saturated heterocycles. The molecule has 6 nitrogen and oxygen atoms in total. The summed E-state index contributed by atoms with van der Waals surface area (Å²) in [6.45, 7) is 2.38. The summed E-state index contributed by atoms with van der Waals surface area (Å²) in [5.41, 5.74) is 3.18. The van der Waals surface area contributed by atoms with Gasteiger partial charge in [-0.3, -0.25) is 0 Å². The first-order valence-corrected chi connectivity index (χ1v) is 8.95. The van der Waals surface area contributed by atoms with E-state index in [4.69, 9.17) is 9.47 Å². The molecular formula is C22H23N3O3. The molecule has 0 amide bonds. The second-order valence-corrected chi connectivity index (χ2v) is 5.98. The number of hydrogen-bond acceptors (Lipinski definition) is 6. The maximum atomic E-state index is 9.48. The fraction of sp³-hybridized carbons (Fsp3) is 0.182. The molecule has 0 unspecified atom stereocenters. The summed E-state index contributed by atoms with van der Waals surface area (Å²) in [4.78, 5) is 8.87. The zero-order chi connectivity index (χ0) is 19.8. The fourth-order valence-electron chi connectivity index (χ4n) is 2.67. The quantitative estimate of drug-likeness (QED) is 0.569. The monoisotopic (exact) mass is 377 g/mol. The molecule has 1 aromatic heterocycles. The number of allylic oxidation sites excluding steroid dienone is 1. The molecule has 0 aliphatic heterocycles. The van der Waals surface area contributed by atoms with E-state index in [-0.39, 0.29) is 6.61 Å². The third-order valence-corrected chi connectivity index (χ3v) is 4.07. The first kappa shape index (κ1) is 19.4.